The molecule has 1 aliphatic rings. The number of aromatic amines is 1. The summed E-state index contributed by atoms with van der Waals surface area (Å²) >= 11 is 0. The van der Waals surface area contributed by atoms with Crippen molar-refractivity contribution in [1.29, 1.82) is 0 Å². The molecule has 4 nitrogen and oxygen atoms in total. The van der Waals surface area contributed by atoms with Crippen molar-refractivity contribution in [3.63, 3.8) is 0 Å². The molecule has 3 rings (SSSR count). The summed E-state index contributed by atoms with van der Waals surface area (Å²) in [5.41, 5.74) is 3.39. The van der Waals surface area contributed by atoms with E-state index in [0.29, 0.717) is 17.7 Å². The quantitative estimate of drug-likeness (QED) is 0.824. The maximum atomic E-state index is 12.3. The van der Waals surface area contributed by atoms with Crippen LogP contribution in [0.4, 0.5) is 4.79 Å². The van der Waals surface area contributed by atoms with Crippen molar-refractivity contribution in [2.45, 2.75) is 59.4 Å². The molecule has 1 heterocycles. The van der Waals surface area contributed by atoms with E-state index < -0.39 is 0 Å². The Labute approximate surface area is 144 Å². The van der Waals surface area contributed by atoms with Crippen LogP contribution in [0.2, 0.25) is 0 Å². The molecule has 2 unspecified atom stereocenters. The second-order valence-electron chi connectivity index (χ2n) is 7.51. The van der Waals surface area contributed by atoms with Gasteiger partial charge in [-0.15, -0.1) is 0 Å². The van der Waals surface area contributed by atoms with Gasteiger partial charge < -0.3 is 15.0 Å². The van der Waals surface area contributed by atoms with Crippen LogP contribution in [-0.4, -0.2) is 17.1 Å². The van der Waals surface area contributed by atoms with Gasteiger partial charge in [0, 0.05) is 23.0 Å². The van der Waals surface area contributed by atoms with Crippen LogP contribution in [0.1, 0.15) is 50.7 Å². The van der Waals surface area contributed by atoms with Crippen LogP contribution in [0.5, 0.6) is 5.88 Å². The van der Waals surface area contributed by atoms with E-state index >= 15 is 0 Å². The third kappa shape index (κ3) is 3.58. The lowest BCUT2D eigenvalue weighted by molar-refractivity contribution is 0.166. The summed E-state index contributed by atoms with van der Waals surface area (Å²) in [6, 6.07) is 6.34. The number of amides is 1. The molecule has 0 saturated heterocycles. The fourth-order valence-corrected chi connectivity index (χ4v) is 4.05. The van der Waals surface area contributed by atoms with Crippen molar-refractivity contribution in [3.05, 3.63) is 29.3 Å². The van der Waals surface area contributed by atoms with Crippen molar-refractivity contribution < 1.29 is 9.53 Å². The topological polar surface area (TPSA) is 54.1 Å². The number of benzene rings is 1. The lowest BCUT2D eigenvalue weighted by Crippen LogP contribution is -2.45. The molecule has 1 fully saturated rings. The zero-order valence-corrected chi connectivity index (χ0v) is 15.1. The minimum Gasteiger partial charge on any atom is -0.393 e. The minimum atomic E-state index is -0.353. The van der Waals surface area contributed by atoms with E-state index in [1.54, 1.807) is 0 Å². The summed E-state index contributed by atoms with van der Waals surface area (Å²) in [4.78, 5) is 15.5. The average molecular weight is 328 g/mol. The molecule has 2 aromatic rings. The first-order valence-electron chi connectivity index (χ1n) is 9.02. The second-order valence-corrected chi connectivity index (χ2v) is 7.51. The molecule has 130 valence electrons. The van der Waals surface area contributed by atoms with E-state index in [2.05, 4.69) is 50.1 Å². The van der Waals surface area contributed by atoms with Crippen LogP contribution in [-0.2, 0) is 0 Å². The Morgan fingerprint density at radius 2 is 1.96 bits per heavy atom. The highest BCUT2D eigenvalue weighted by Gasteiger charge is 2.29. The number of nitrogens with one attached hydrogen (secondary N) is 2. The van der Waals surface area contributed by atoms with Crippen molar-refractivity contribution in [3.8, 4) is 5.88 Å². The summed E-state index contributed by atoms with van der Waals surface area (Å²) in [5.74, 6) is 1.63. The number of fused-ring (bicyclic) bond motifs is 1. The standard InChI is InChI=1S/C20H28N2O2/c1-12(2)15-7-5-6-8-17(15)22-20(23)24-19-11-16-14(4)9-13(3)10-18(16)21-19/h9-12,15,17,21H,5-8H2,1-4H3,(H,22,23). The molecule has 0 bridgehead atoms. The predicted octanol–water partition coefficient (Wildman–Crippen LogP) is 5.09. The van der Waals surface area contributed by atoms with Crippen LogP contribution in [0, 0.1) is 25.7 Å². The highest BCUT2D eigenvalue weighted by Crippen LogP contribution is 2.30. The van der Waals surface area contributed by atoms with E-state index in [1.165, 1.54) is 30.4 Å². The van der Waals surface area contributed by atoms with Crippen molar-refractivity contribution >= 4 is 17.0 Å². The third-order valence-electron chi connectivity index (χ3n) is 5.25. The molecule has 0 radical (unpaired) electrons. The van der Waals surface area contributed by atoms with Crippen molar-refractivity contribution in [2.24, 2.45) is 11.8 Å². The molecular formula is C20H28N2O2. The smallest absolute Gasteiger partial charge is 0.393 e. The number of carbonyl (C=O) groups is 1. The van der Waals surface area contributed by atoms with E-state index in [0.717, 1.165) is 17.3 Å². The summed E-state index contributed by atoms with van der Waals surface area (Å²) in [7, 11) is 0. The van der Waals surface area contributed by atoms with Gasteiger partial charge in [-0.3, -0.25) is 0 Å². The van der Waals surface area contributed by atoms with Crippen LogP contribution < -0.4 is 10.1 Å². The van der Waals surface area contributed by atoms with Crippen molar-refractivity contribution in [1.82, 2.24) is 10.3 Å². The number of hydrogen-bond donors (Lipinski definition) is 2. The number of ether oxygens (including phenoxy) is 1. The van der Waals surface area contributed by atoms with Gasteiger partial charge in [0.1, 0.15) is 0 Å². The monoisotopic (exact) mass is 328 g/mol. The van der Waals surface area contributed by atoms with Gasteiger partial charge >= 0.3 is 6.09 Å². The van der Waals surface area contributed by atoms with Gasteiger partial charge in [-0.1, -0.05) is 32.8 Å². The number of H-pyrrole nitrogens is 1. The molecule has 1 aromatic heterocycles. The Bertz CT molecular complexity index is 733. The van der Waals surface area contributed by atoms with Crippen LogP contribution in [0.3, 0.4) is 0 Å². The zero-order valence-electron chi connectivity index (χ0n) is 15.1. The molecule has 4 heteroatoms. The first kappa shape index (κ1) is 16.9. The van der Waals surface area contributed by atoms with Gasteiger partial charge in [0.2, 0.25) is 5.88 Å². The van der Waals surface area contributed by atoms with Crippen LogP contribution >= 0.6 is 0 Å². The molecule has 1 saturated carbocycles. The molecule has 1 aliphatic carbocycles. The van der Waals surface area contributed by atoms with E-state index in [9.17, 15) is 4.79 Å². The molecule has 0 aliphatic heterocycles. The second kappa shape index (κ2) is 6.88. The summed E-state index contributed by atoms with van der Waals surface area (Å²) in [6.45, 7) is 8.61. The molecule has 1 aromatic carbocycles. The fourth-order valence-electron chi connectivity index (χ4n) is 4.05. The van der Waals surface area contributed by atoms with Gasteiger partial charge in [-0.05, 0) is 55.7 Å². The summed E-state index contributed by atoms with van der Waals surface area (Å²) < 4.78 is 5.52. The Kier molecular flexibility index (Phi) is 4.83. The maximum Gasteiger partial charge on any atom is 0.414 e. The molecule has 1 amide bonds. The maximum absolute atomic E-state index is 12.3. The van der Waals surface area contributed by atoms with Crippen LogP contribution in [0.25, 0.3) is 10.9 Å². The molecule has 2 N–H and O–H groups in total. The lowest BCUT2D eigenvalue weighted by atomic mass is 9.78. The molecule has 0 spiro atoms. The summed E-state index contributed by atoms with van der Waals surface area (Å²) in [6.07, 6.45) is 4.32. The number of aromatic nitrogens is 1. The molecular weight excluding hydrogens is 300 g/mol. The van der Waals surface area contributed by atoms with Gasteiger partial charge in [0.25, 0.3) is 0 Å². The highest BCUT2D eigenvalue weighted by atomic mass is 16.6. The minimum absolute atomic E-state index is 0.222. The van der Waals surface area contributed by atoms with Gasteiger partial charge in [-0.2, -0.15) is 0 Å². The zero-order chi connectivity index (χ0) is 17.3. The average Bonchev–Trinajstić information content (AvgIpc) is 2.90. The number of carbonyl (C=O) groups excluding carboxylic acids is 1. The third-order valence-corrected chi connectivity index (χ3v) is 5.25. The normalized spacial score (nSPS) is 21.2. The SMILES string of the molecule is Cc1cc(C)c2cc(OC(=O)NC3CCCCC3C(C)C)[nH]c2c1. The highest BCUT2D eigenvalue weighted by molar-refractivity contribution is 5.86. The van der Waals surface area contributed by atoms with E-state index in [4.69, 9.17) is 4.74 Å². The van der Waals surface area contributed by atoms with E-state index in [-0.39, 0.29) is 12.1 Å². The molecule has 2 atom stereocenters. The summed E-state index contributed by atoms with van der Waals surface area (Å²) in [5, 5.41) is 4.19. The van der Waals surface area contributed by atoms with Gasteiger partial charge in [-0.25, -0.2) is 4.79 Å². The van der Waals surface area contributed by atoms with Gasteiger partial charge in [0.15, 0.2) is 0 Å². The van der Waals surface area contributed by atoms with Crippen LogP contribution in [0.15, 0.2) is 18.2 Å². The van der Waals surface area contributed by atoms with Gasteiger partial charge in [0.05, 0.1) is 0 Å². The number of aryl methyl sites for hydroxylation is 2. The largest absolute Gasteiger partial charge is 0.414 e. The fraction of sp³-hybridized carbons (Fsp3) is 0.550. The van der Waals surface area contributed by atoms with Crippen molar-refractivity contribution in [2.75, 3.05) is 0 Å². The Hall–Kier alpha value is -1.97. The molecule has 24 heavy (non-hydrogen) atoms. The Balaban J connectivity index is 1.69. The number of hydrogen-bond acceptors (Lipinski definition) is 2. The van der Waals surface area contributed by atoms with E-state index in [1.807, 2.05) is 6.07 Å². The first-order valence-corrected chi connectivity index (χ1v) is 9.02. The Morgan fingerprint density at radius 1 is 1.21 bits per heavy atom. The Morgan fingerprint density at radius 3 is 2.71 bits per heavy atom. The first-order chi connectivity index (χ1) is 11.4. The lowest BCUT2D eigenvalue weighted by Gasteiger charge is -2.34. The predicted molar refractivity (Wildman–Crippen MR) is 97.5 cm³/mol. The number of rotatable bonds is 3.